The van der Waals surface area contributed by atoms with E-state index in [1.165, 1.54) is 17.0 Å². The predicted molar refractivity (Wildman–Crippen MR) is 115 cm³/mol. The van der Waals surface area contributed by atoms with Gasteiger partial charge >= 0.3 is 0 Å². The smallest absolute Gasteiger partial charge is 0.253 e. The van der Waals surface area contributed by atoms with E-state index < -0.39 is 22.5 Å². The van der Waals surface area contributed by atoms with Gasteiger partial charge in [-0.3, -0.25) is 4.79 Å². The first-order valence-electron chi connectivity index (χ1n) is 9.67. The maximum Gasteiger partial charge on any atom is 0.253 e. The Bertz CT molecular complexity index is 1290. The highest BCUT2D eigenvalue weighted by Crippen LogP contribution is 2.34. The summed E-state index contributed by atoms with van der Waals surface area (Å²) in [5, 5.41) is 0. The molecule has 0 bridgehead atoms. The minimum atomic E-state index is -2.00. The molecule has 0 amide bonds. The number of pyridine rings is 1. The van der Waals surface area contributed by atoms with Crippen LogP contribution < -0.4 is 10.3 Å². The highest BCUT2D eigenvalue weighted by Gasteiger charge is 2.17. The van der Waals surface area contributed by atoms with Crippen LogP contribution in [-0.2, 0) is 26.3 Å². The topological polar surface area (TPSA) is 95.7 Å². The van der Waals surface area contributed by atoms with Gasteiger partial charge in [-0.15, -0.1) is 0 Å². The number of halogens is 2. The lowest BCUT2D eigenvalue weighted by Gasteiger charge is -2.15. The van der Waals surface area contributed by atoms with Gasteiger partial charge in [0.15, 0.2) is 17.3 Å². The minimum absolute atomic E-state index is 0.0324. The molecule has 11 heteroatoms. The van der Waals surface area contributed by atoms with Crippen LogP contribution in [0.25, 0.3) is 11.3 Å². The van der Waals surface area contributed by atoms with Crippen molar-refractivity contribution in [2.45, 2.75) is 26.7 Å². The quantitative estimate of drug-likeness (QED) is 0.469. The van der Waals surface area contributed by atoms with Crippen molar-refractivity contribution >= 4 is 16.8 Å². The Morgan fingerprint density at radius 3 is 2.62 bits per heavy atom. The summed E-state index contributed by atoms with van der Waals surface area (Å²) in [4.78, 5) is 20.7. The van der Waals surface area contributed by atoms with Crippen LogP contribution in [0.3, 0.4) is 0 Å². The fraction of sp³-hybridized carbons (Fsp3) is 0.286. The standard InChI is InChI=1S/C21H21F2N4O4S/c1-5-30-32(29)26-21-24-10-18(31-17-7-6-14(22)9-16(17)23)19(25-21)13-8-15(12(2)3)20(28)27(4)11-13/h6-12H,5H2,1-4H3/q-1. The molecule has 0 aliphatic heterocycles. The van der Waals surface area contributed by atoms with E-state index in [1.807, 2.05) is 13.8 Å². The third-order valence-corrected chi connectivity index (χ3v) is 5.09. The lowest BCUT2D eigenvalue weighted by atomic mass is 10.0. The average molecular weight is 463 g/mol. The number of nitrogens with zero attached hydrogens (tertiary/aromatic N) is 4. The number of hydrogen-bond acceptors (Lipinski definition) is 8. The summed E-state index contributed by atoms with van der Waals surface area (Å²) >= 11 is 0. The summed E-state index contributed by atoms with van der Waals surface area (Å²) in [5.74, 6) is -2.11. The van der Waals surface area contributed by atoms with E-state index in [0.717, 1.165) is 12.1 Å². The summed E-state index contributed by atoms with van der Waals surface area (Å²) in [7, 11) is -0.412. The Morgan fingerprint density at radius 1 is 1.22 bits per heavy atom. The second-order valence-corrected chi connectivity index (χ2v) is 7.88. The molecule has 3 aromatic rings. The summed E-state index contributed by atoms with van der Waals surface area (Å²) < 4.78 is 55.0. The van der Waals surface area contributed by atoms with Crippen molar-refractivity contribution in [2.24, 2.45) is 11.4 Å². The monoisotopic (exact) mass is 463 g/mol. The molecule has 0 unspecified atom stereocenters. The predicted octanol–water partition coefficient (Wildman–Crippen LogP) is 4.77. The first-order chi connectivity index (χ1) is 15.2. The van der Waals surface area contributed by atoms with E-state index in [2.05, 4.69) is 14.3 Å². The summed E-state index contributed by atoms with van der Waals surface area (Å²) in [6, 6.07) is 4.52. The number of ether oxygens (including phenoxy) is 1. The first kappa shape index (κ1) is 23.5. The van der Waals surface area contributed by atoms with Gasteiger partial charge in [0.05, 0.1) is 6.20 Å². The Kier molecular flexibility index (Phi) is 7.31. The van der Waals surface area contributed by atoms with E-state index in [1.54, 1.807) is 20.0 Å². The molecule has 0 fully saturated rings. The SMILES string of the molecule is CCO[S-](=O)=Nc1ncc(Oc2ccc(F)cc2F)c(-c2cc(C(C)C)c(=O)n(C)c2)n1. The van der Waals surface area contributed by atoms with Crippen LogP contribution in [-0.4, -0.2) is 21.1 Å². The van der Waals surface area contributed by atoms with Gasteiger partial charge in [0.1, 0.15) is 11.5 Å². The van der Waals surface area contributed by atoms with Gasteiger partial charge in [0.25, 0.3) is 5.56 Å². The van der Waals surface area contributed by atoms with Crippen molar-refractivity contribution in [1.82, 2.24) is 14.5 Å². The van der Waals surface area contributed by atoms with Gasteiger partial charge < -0.3 is 22.1 Å². The maximum atomic E-state index is 14.2. The van der Waals surface area contributed by atoms with Gasteiger partial charge in [-0.1, -0.05) is 24.7 Å². The number of hydrogen-bond donors (Lipinski definition) is 0. The van der Waals surface area contributed by atoms with Crippen LogP contribution in [0.15, 0.2) is 45.8 Å². The number of rotatable bonds is 7. The van der Waals surface area contributed by atoms with Crippen molar-refractivity contribution in [1.29, 1.82) is 0 Å². The highest BCUT2D eigenvalue weighted by atomic mass is 32.2. The molecule has 0 atom stereocenters. The van der Waals surface area contributed by atoms with Crippen molar-refractivity contribution in [3.8, 4) is 22.8 Å². The van der Waals surface area contributed by atoms with E-state index in [-0.39, 0.29) is 41.2 Å². The van der Waals surface area contributed by atoms with Gasteiger partial charge in [-0.25, -0.2) is 18.7 Å². The zero-order chi connectivity index (χ0) is 23.4. The Balaban J connectivity index is 2.19. The molecular weight excluding hydrogens is 442 g/mol. The molecule has 0 aliphatic carbocycles. The molecule has 32 heavy (non-hydrogen) atoms. The molecule has 8 nitrogen and oxygen atoms in total. The molecule has 1 aromatic carbocycles. The normalized spacial score (nSPS) is 12.3. The van der Waals surface area contributed by atoms with Crippen molar-refractivity contribution in [3.05, 3.63) is 64.2 Å². The molecule has 0 N–H and O–H groups in total. The van der Waals surface area contributed by atoms with Gasteiger partial charge in [0.2, 0.25) is 5.95 Å². The van der Waals surface area contributed by atoms with E-state index in [0.29, 0.717) is 17.2 Å². The fourth-order valence-electron chi connectivity index (χ4n) is 2.84. The second kappa shape index (κ2) is 9.96. The lowest BCUT2D eigenvalue weighted by molar-refractivity contribution is 0.369. The van der Waals surface area contributed by atoms with Crippen molar-refractivity contribution < 1.29 is 21.9 Å². The summed E-state index contributed by atoms with van der Waals surface area (Å²) in [5.41, 5.74) is 0.994. The third kappa shape index (κ3) is 5.35. The van der Waals surface area contributed by atoms with Gasteiger partial charge in [-0.05, 0) is 31.0 Å². The Labute approximate surface area is 185 Å². The van der Waals surface area contributed by atoms with Gasteiger partial charge in [0, 0.05) is 37.0 Å². The van der Waals surface area contributed by atoms with Crippen LogP contribution in [0.1, 0.15) is 32.3 Å². The molecule has 0 aliphatic rings. The number of aromatic nitrogens is 3. The summed E-state index contributed by atoms with van der Waals surface area (Å²) in [6.07, 6.45) is 2.76. The Morgan fingerprint density at radius 2 is 1.97 bits per heavy atom. The molecular formula is C21H21F2N4O4S-. The van der Waals surface area contributed by atoms with Crippen LogP contribution >= 0.6 is 0 Å². The zero-order valence-corrected chi connectivity index (χ0v) is 18.7. The van der Waals surface area contributed by atoms with Crippen LogP contribution in [0, 0.1) is 11.6 Å². The molecule has 2 heterocycles. The van der Waals surface area contributed by atoms with E-state index in [4.69, 9.17) is 8.92 Å². The molecule has 0 saturated carbocycles. The molecule has 3 rings (SSSR count). The van der Waals surface area contributed by atoms with Crippen LogP contribution in [0.4, 0.5) is 14.7 Å². The largest absolute Gasteiger partial charge is 0.450 e. The highest BCUT2D eigenvalue weighted by molar-refractivity contribution is 7.69. The number of benzene rings is 1. The van der Waals surface area contributed by atoms with E-state index >= 15 is 0 Å². The van der Waals surface area contributed by atoms with Crippen molar-refractivity contribution in [3.63, 3.8) is 0 Å². The Hall–Kier alpha value is -3.18. The minimum Gasteiger partial charge on any atom is -0.450 e. The first-order valence-corrected chi connectivity index (χ1v) is 10.7. The number of aryl methyl sites for hydroxylation is 1. The fourth-order valence-corrected chi connectivity index (χ4v) is 3.31. The van der Waals surface area contributed by atoms with Gasteiger partial charge in [-0.2, -0.15) is 0 Å². The van der Waals surface area contributed by atoms with Crippen LogP contribution in [0.5, 0.6) is 11.5 Å². The second-order valence-electron chi connectivity index (χ2n) is 7.03. The average Bonchev–Trinajstić information content (AvgIpc) is 2.73. The maximum absolute atomic E-state index is 14.2. The zero-order valence-electron chi connectivity index (χ0n) is 17.8. The van der Waals surface area contributed by atoms with Crippen molar-refractivity contribution in [2.75, 3.05) is 6.61 Å². The summed E-state index contributed by atoms with van der Waals surface area (Å²) in [6.45, 7) is 5.58. The van der Waals surface area contributed by atoms with E-state index in [9.17, 15) is 17.8 Å². The molecule has 0 radical (unpaired) electrons. The third-order valence-electron chi connectivity index (χ3n) is 4.34. The molecule has 0 spiro atoms. The van der Waals surface area contributed by atoms with Crippen LogP contribution in [0.2, 0.25) is 0 Å². The molecule has 0 saturated heterocycles. The lowest BCUT2D eigenvalue weighted by Crippen LogP contribution is -2.21. The molecule has 170 valence electrons. The molecule has 2 aromatic heterocycles.